The number of halogens is 4. The number of anilines is 1. The average Bonchev–Trinajstić information content (AvgIpc) is 3.28. The molecule has 2 fully saturated rings. The van der Waals surface area contributed by atoms with E-state index in [4.69, 9.17) is 4.74 Å². The van der Waals surface area contributed by atoms with Crippen LogP contribution in [0.15, 0.2) is 36.5 Å². The predicted octanol–water partition coefficient (Wildman–Crippen LogP) is 5.61. The lowest BCUT2D eigenvalue weighted by atomic mass is 9.92. The van der Waals surface area contributed by atoms with Crippen LogP contribution < -0.4 is 5.32 Å². The van der Waals surface area contributed by atoms with Gasteiger partial charge in [0.15, 0.2) is 5.65 Å². The third-order valence-corrected chi connectivity index (χ3v) is 6.73. The summed E-state index contributed by atoms with van der Waals surface area (Å²) in [4.78, 5) is 18.9. The summed E-state index contributed by atoms with van der Waals surface area (Å²) >= 11 is 0. The van der Waals surface area contributed by atoms with E-state index in [-0.39, 0.29) is 29.5 Å². The Kier molecular flexibility index (Phi) is 5.83. The smallest absolute Gasteiger partial charge is 0.416 e. The number of likely N-dealkylation sites (tertiary alicyclic amines) is 1. The van der Waals surface area contributed by atoms with Gasteiger partial charge < -0.3 is 15.0 Å². The molecule has 11 heteroatoms. The van der Waals surface area contributed by atoms with Gasteiger partial charge in [-0.25, -0.2) is 13.7 Å². The maximum Gasteiger partial charge on any atom is 0.416 e. The van der Waals surface area contributed by atoms with Crippen LogP contribution in [-0.4, -0.2) is 50.3 Å². The number of nitrogens with zero attached hydrogens (tertiary/aromatic N) is 4. The lowest BCUT2D eigenvalue weighted by molar-refractivity contribution is -0.137. The van der Waals surface area contributed by atoms with E-state index in [9.17, 15) is 22.4 Å². The van der Waals surface area contributed by atoms with E-state index in [2.05, 4.69) is 15.4 Å². The second kappa shape index (κ2) is 8.63. The van der Waals surface area contributed by atoms with Gasteiger partial charge in [0.25, 0.3) is 0 Å². The highest BCUT2D eigenvalue weighted by molar-refractivity contribution is 5.78. The molecule has 7 nitrogen and oxygen atoms in total. The van der Waals surface area contributed by atoms with Gasteiger partial charge in [0, 0.05) is 36.5 Å². The molecular formula is C25H27F4N5O2. The number of piperidine rings is 1. The van der Waals surface area contributed by atoms with Crippen LogP contribution >= 0.6 is 0 Å². The fourth-order valence-electron chi connectivity index (χ4n) is 5.17. The number of hydrogen-bond acceptors (Lipinski definition) is 5. The molecule has 2 aromatic heterocycles. The maximum absolute atomic E-state index is 14.7. The summed E-state index contributed by atoms with van der Waals surface area (Å²) in [6, 6.07) is 5.76. The van der Waals surface area contributed by atoms with Gasteiger partial charge >= 0.3 is 12.3 Å². The van der Waals surface area contributed by atoms with Crippen molar-refractivity contribution in [2.45, 2.75) is 51.4 Å². The second-order valence-corrected chi connectivity index (χ2v) is 10.5. The minimum atomic E-state index is -4.63. The quantitative estimate of drug-likeness (QED) is 0.469. The minimum Gasteiger partial charge on any atom is -0.444 e. The molecular weight excluding hydrogens is 478 g/mol. The zero-order valence-corrected chi connectivity index (χ0v) is 20.1. The molecule has 3 atom stereocenters. The van der Waals surface area contributed by atoms with Crippen molar-refractivity contribution in [1.29, 1.82) is 0 Å². The van der Waals surface area contributed by atoms with Crippen molar-refractivity contribution in [3.63, 3.8) is 0 Å². The van der Waals surface area contributed by atoms with Crippen molar-refractivity contribution in [2.75, 3.05) is 18.4 Å². The highest BCUT2D eigenvalue weighted by atomic mass is 19.4. The number of benzene rings is 1. The molecule has 1 N–H and O–H groups in total. The number of hydrogen-bond donors (Lipinski definition) is 1. The highest BCUT2D eigenvalue weighted by Gasteiger charge is 2.44. The number of fused-ring (bicyclic) bond motifs is 3. The molecule has 192 valence electrons. The highest BCUT2D eigenvalue weighted by Crippen LogP contribution is 2.39. The van der Waals surface area contributed by atoms with Crippen LogP contribution in [0.3, 0.4) is 0 Å². The molecule has 0 unspecified atom stereocenters. The van der Waals surface area contributed by atoms with Crippen molar-refractivity contribution in [3.05, 3.63) is 47.9 Å². The van der Waals surface area contributed by atoms with Crippen LogP contribution in [0.25, 0.3) is 16.8 Å². The Morgan fingerprint density at radius 3 is 2.39 bits per heavy atom. The summed E-state index contributed by atoms with van der Waals surface area (Å²) in [6.45, 7) is 6.66. The van der Waals surface area contributed by atoms with Crippen LogP contribution in [0.5, 0.6) is 0 Å². The number of alkyl halides is 3. The van der Waals surface area contributed by atoms with Gasteiger partial charge in [0.1, 0.15) is 11.4 Å². The van der Waals surface area contributed by atoms with Crippen LogP contribution in [0.4, 0.5) is 28.3 Å². The molecule has 0 spiro atoms. The first-order valence-corrected chi connectivity index (χ1v) is 11.9. The van der Waals surface area contributed by atoms with E-state index in [1.54, 1.807) is 23.2 Å². The number of carbonyl (C=O) groups is 1. The Morgan fingerprint density at radius 2 is 1.78 bits per heavy atom. The summed E-state index contributed by atoms with van der Waals surface area (Å²) < 4.78 is 60.6. The number of ether oxygens (including phenoxy) is 1. The fraction of sp³-hybridized carbons (Fsp3) is 0.480. The van der Waals surface area contributed by atoms with Gasteiger partial charge in [-0.2, -0.15) is 18.2 Å². The summed E-state index contributed by atoms with van der Waals surface area (Å²) in [5.41, 5.74) is -0.925. The normalized spacial score (nSPS) is 22.2. The fourth-order valence-corrected chi connectivity index (χ4v) is 5.17. The van der Waals surface area contributed by atoms with E-state index in [1.807, 2.05) is 20.8 Å². The van der Waals surface area contributed by atoms with Crippen LogP contribution in [0.1, 0.15) is 39.2 Å². The van der Waals surface area contributed by atoms with Crippen molar-refractivity contribution in [1.82, 2.24) is 19.5 Å². The van der Waals surface area contributed by atoms with E-state index in [0.717, 1.165) is 25.0 Å². The van der Waals surface area contributed by atoms with E-state index < -0.39 is 23.2 Å². The average molecular weight is 506 g/mol. The van der Waals surface area contributed by atoms with Crippen LogP contribution in [0.2, 0.25) is 0 Å². The minimum absolute atomic E-state index is 0.0123. The number of carbonyl (C=O) groups excluding carboxylic acids is 1. The van der Waals surface area contributed by atoms with Gasteiger partial charge in [-0.15, -0.1) is 5.10 Å². The Hall–Kier alpha value is -3.37. The van der Waals surface area contributed by atoms with Gasteiger partial charge in [0.2, 0.25) is 5.95 Å². The van der Waals surface area contributed by atoms with Gasteiger partial charge in [-0.3, -0.25) is 0 Å². The van der Waals surface area contributed by atoms with Gasteiger partial charge in [-0.05, 0) is 69.7 Å². The molecule has 1 aromatic carbocycles. The lowest BCUT2D eigenvalue weighted by Gasteiger charge is -2.38. The zero-order valence-electron chi connectivity index (χ0n) is 20.1. The summed E-state index contributed by atoms with van der Waals surface area (Å²) in [5, 5.41) is 7.86. The molecule has 5 rings (SSSR count). The predicted molar refractivity (Wildman–Crippen MR) is 125 cm³/mol. The van der Waals surface area contributed by atoms with Gasteiger partial charge in [-0.1, -0.05) is 6.07 Å². The molecule has 2 aliphatic rings. The zero-order chi connectivity index (χ0) is 25.8. The first-order valence-electron chi connectivity index (χ1n) is 11.9. The molecule has 1 aliphatic heterocycles. The monoisotopic (exact) mass is 505 g/mol. The Balaban J connectivity index is 1.36. The summed E-state index contributed by atoms with van der Waals surface area (Å²) in [7, 11) is 0. The first-order chi connectivity index (χ1) is 16.9. The van der Waals surface area contributed by atoms with Crippen molar-refractivity contribution in [2.24, 2.45) is 11.8 Å². The summed E-state index contributed by atoms with van der Waals surface area (Å²) in [6.07, 6.45) is -1.38. The molecule has 3 heterocycles. The Morgan fingerprint density at radius 1 is 1.08 bits per heavy atom. The molecule has 1 amide bonds. The molecule has 1 aliphatic carbocycles. The molecule has 1 saturated heterocycles. The van der Waals surface area contributed by atoms with Crippen molar-refractivity contribution in [3.8, 4) is 11.1 Å². The number of amides is 1. The summed E-state index contributed by atoms with van der Waals surface area (Å²) in [5.74, 6) is -0.227. The van der Waals surface area contributed by atoms with E-state index >= 15 is 0 Å². The topological polar surface area (TPSA) is 71.8 Å². The molecule has 2 bridgehead atoms. The second-order valence-electron chi connectivity index (χ2n) is 10.5. The molecule has 1 saturated carbocycles. The largest absolute Gasteiger partial charge is 0.444 e. The molecule has 0 radical (unpaired) electrons. The van der Waals surface area contributed by atoms with Crippen LogP contribution in [0, 0.1) is 17.7 Å². The van der Waals surface area contributed by atoms with Crippen LogP contribution in [-0.2, 0) is 10.9 Å². The SMILES string of the molecule is CC(C)(C)OC(=O)N1C[C@H]2CC[C@@H](C1)[C@@H]2Nc1nc2c(-c3ccc(C(F)(F)F)cc3F)cccn2n1. The molecule has 3 aromatic rings. The number of pyridine rings is 1. The van der Waals surface area contributed by atoms with Crippen molar-refractivity contribution >= 4 is 17.7 Å². The Bertz CT molecular complexity index is 1290. The Labute approximate surface area is 205 Å². The van der Waals surface area contributed by atoms with Crippen molar-refractivity contribution < 1.29 is 27.1 Å². The number of rotatable bonds is 3. The van der Waals surface area contributed by atoms with E-state index in [1.165, 1.54) is 4.52 Å². The third-order valence-electron chi connectivity index (χ3n) is 6.73. The standard InChI is InChI=1S/C25H27F4N5O2/c1-24(2,3)36-23(35)33-12-14-6-7-15(13-33)20(14)30-22-31-21-18(5-4-10-34(21)32-22)17-9-8-16(11-19(17)26)25(27,28)29/h4-5,8-11,14-15,20H,6-7,12-13H2,1-3H3,(H,30,32)/t14-,15+,20-. The lowest BCUT2D eigenvalue weighted by Crippen LogP contribution is -2.51. The third kappa shape index (κ3) is 4.70. The first kappa shape index (κ1) is 24.3. The maximum atomic E-state index is 14.7. The molecule has 36 heavy (non-hydrogen) atoms. The number of aromatic nitrogens is 3. The van der Waals surface area contributed by atoms with Gasteiger partial charge in [0.05, 0.1) is 5.56 Å². The van der Waals surface area contributed by atoms with E-state index in [0.29, 0.717) is 36.3 Å². The number of nitrogens with one attached hydrogen (secondary N) is 1.